The highest BCUT2D eigenvalue weighted by molar-refractivity contribution is 5.94. The summed E-state index contributed by atoms with van der Waals surface area (Å²) in [5.41, 5.74) is 3.51. The lowest BCUT2D eigenvalue weighted by molar-refractivity contribution is -0.120. The van der Waals surface area contributed by atoms with E-state index in [1.807, 2.05) is 43.3 Å². The average molecular weight is 306 g/mol. The molecule has 0 radical (unpaired) electrons. The van der Waals surface area contributed by atoms with Gasteiger partial charge in [0.2, 0.25) is 5.91 Å². The van der Waals surface area contributed by atoms with Crippen molar-refractivity contribution in [1.82, 2.24) is 4.90 Å². The summed E-state index contributed by atoms with van der Waals surface area (Å²) in [5.74, 6) is 0.0489. The highest BCUT2D eigenvalue weighted by Crippen LogP contribution is 2.23. The van der Waals surface area contributed by atoms with Crippen LogP contribution in [0, 0.1) is 0 Å². The molecule has 0 aromatic heterocycles. The maximum atomic E-state index is 12.4. The molecule has 0 spiro atoms. The van der Waals surface area contributed by atoms with E-state index in [-0.39, 0.29) is 11.9 Å². The van der Waals surface area contributed by atoms with E-state index in [1.54, 1.807) is 0 Å². The number of amides is 1. The van der Waals surface area contributed by atoms with Crippen molar-refractivity contribution in [2.75, 3.05) is 18.4 Å². The molecule has 3 nitrogen and oxygen atoms in total. The van der Waals surface area contributed by atoms with Crippen molar-refractivity contribution in [2.45, 2.75) is 19.4 Å². The first-order valence-corrected chi connectivity index (χ1v) is 8.08. The van der Waals surface area contributed by atoms with Crippen LogP contribution in [0.3, 0.4) is 0 Å². The zero-order valence-electron chi connectivity index (χ0n) is 13.4. The second kappa shape index (κ2) is 7.25. The summed E-state index contributed by atoms with van der Waals surface area (Å²) in [6, 6.07) is 19.9. The highest BCUT2D eigenvalue weighted by Gasteiger charge is 2.23. The third kappa shape index (κ3) is 3.88. The van der Waals surface area contributed by atoms with E-state index < -0.39 is 0 Å². The van der Waals surface area contributed by atoms with Gasteiger partial charge in [-0.05, 0) is 36.6 Å². The molecule has 1 atom stereocenters. The molecule has 0 saturated carbocycles. The molecule has 3 rings (SSSR count). The fraction of sp³-hybridized carbons (Fsp3) is 0.250. The Morgan fingerprint density at radius 3 is 2.30 bits per heavy atom. The lowest BCUT2D eigenvalue weighted by Crippen LogP contribution is -2.44. The van der Waals surface area contributed by atoms with E-state index in [1.165, 1.54) is 11.1 Å². The smallest absolute Gasteiger partial charge is 0.241 e. The number of carbonyl (C=O) groups is 1. The van der Waals surface area contributed by atoms with Gasteiger partial charge in [-0.15, -0.1) is 0 Å². The summed E-state index contributed by atoms with van der Waals surface area (Å²) >= 11 is 0. The number of benzene rings is 2. The van der Waals surface area contributed by atoms with Crippen molar-refractivity contribution < 1.29 is 4.79 Å². The second-order valence-corrected chi connectivity index (χ2v) is 5.87. The Hall–Kier alpha value is -2.39. The second-order valence-electron chi connectivity index (χ2n) is 5.87. The van der Waals surface area contributed by atoms with E-state index in [4.69, 9.17) is 0 Å². The first kappa shape index (κ1) is 15.5. The van der Waals surface area contributed by atoms with Crippen molar-refractivity contribution in [3.8, 4) is 0 Å². The van der Waals surface area contributed by atoms with Gasteiger partial charge >= 0.3 is 0 Å². The molecule has 1 heterocycles. The molecule has 1 N–H and O–H groups in total. The number of hydrogen-bond donors (Lipinski definition) is 1. The quantitative estimate of drug-likeness (QED) is 0.932. The van der Waals surface area contributed by atoms with Gasteiger partial charge in [-0.2, -0.15) is 0 Å². The van der Waals surface area contributed by atoms with E-state index >= 15 is 0 Å². The molecular formula is C20H22N2O. The molecule has 3 heteroatoms. The summed E-state index contributed by atoms with van der Waals surface area (Å²) < 4.78 is 0. The molecule has 23 heavy (non-hydrogen) atoms. The number of anilines is 1. The van der Waals surface area contributed by atoms with Crippen LogP contribution < -0.4 is 5.32 Å². The number of carbonyl (C=O) groups excluding carboxylic acids is 1. The normalized spacial score (nSPS) is 16.5. The van der Waals surface area contributed by atoms with Gasteiger partial charge in [0.1, 0.15) is 0 Å². The Morgan fingerprint density at radius 1 is 1.04 bits per heavy atom. The first-order chi connectivity index (χ1) is 11.2. The van der Waals surface area contributed by atoms with E-state index in [0.717, 1.165) is 25.2 Å². The summed E-state index contributed by atoms with van der Waals surface area (Å²) in [5, 5.41) is 2.98. The summed E-state index contributed by atoms with van der Waals surface area (Å²) in [6.45, 7) is 3.69. The zero-order valence-corrected chi connectivity index (χ0v) is 13.4. The zero-order chi connectivity index (χ0) is 16.1. The first-order valence-electron chi connectivity index (χ1n) is 8.08. The molecule has 1 aliphatic rings. The number of hydrogen-bond acceptors (Lipinski definition) is 2. The van der Waals surface area contributed by atoms with Crippen molar-refractivity contribution in [3.05, 3.63) is 72.3 Å². The minimum absolute atomic E-state index is 0.0489. The molecule has 0 aliphatic carbocycles. The van der Waals surface area contributed by atoms with Crippen LogP contribution in [-0.2, 0) is 4.79 Å². The van der Waals surface area contributed by atoms with Crippen LogP contribution in [0.4, 0.5) is 5.69 Å². The van der Waals surface area contributed by atoms with Crippen LogP contribution in [0.2, 0.25) is 0 Å². The van der Waals surface area contributed by atoms with Crippen molar-refractivity contribution in [3.63, 3.8) is 0 Å². The fourth-order valence-corrected chi connectivity index (χ4v) is 2.89. The molecule has 2 aromatic carbocycles. The van der Waals surface area contributed by atoms with Crippen LogP contribution in [-0.4, -0.2) is 29.9 Å². The molecule has 0 bridgehead atoms. The molecule has 0 saturated heterocycles. The van der Waals surface area contributed by atoms with E-state index in [0.29, 0.717) is 0 Å². The van der Waals surface area contributed by atoms with Crippen LogP contribution in [0.5, 0.6) is 0 Å². The van der Waals surface area contributed by atoms with Crippen LogP contribution in [0.25, 0.3) is 5.57 Å². The number of nitrogens with one attached hydrogen (secondary N) is 1. The Bertz CT molecular complexity index is 679. The molecule has 1 aliphatic heterocycles. The predicted octanol–water partition coefficient (Wildman–Crippen LogP) is 3.80. The largest absolute Gasteiger partial charge is 0.325 e. The average Bonchev–Trinajstić information content (AvgIpc) is 2.63. The van der Waals surface area contributed by atoms with E-state index in [9.17, 15) is 4.79 Å². The van der Waals surface area contributed by atoms with Gasteiger partial charge in [-0.3, -0.25) is 9.69 Å². The monoisotopic (exact) mass is 306 g/mol. The highest BCUT2D eigenvalue weighted by atomic mass is 16.2. The number of para-hydroxylation sites is 1. The van der Waals surface area contributed by atoms with Gasteiger partial charge in [0.05, 0.1) is 6.04 Å². The topological polar surface area (TPSA) is 32.3 Å². The van der Waals surface area contributed by atoms with Crippen molar-refractivity contribution >= 4 is 17.2 Å². The third-order valence-corrected chi connectivity index (χ3v) is 4.35. The SMILES string of the molecule is CC(C(=O)Nc1ccccc1)N1CC=C(c2ccccc2)CC1. The maximum Gasteiger partial charge on any atom is 0.241 e. The van der Waals surface area contributed by atoms with Crippen LogP contribution in [0.1, 0.15) is 18.9 Å². The summed E-state index contributed by atoms with van der Waals surface area (Å²) in [4.78, 5) is 14.6. The lowest BCUT2D eigenvalue weighted by atomic mass is 9.99. The standard InChI is InChI=1S/C20H22N2O/c1-16(20(23)21-19-10-6-3-7-11-19)22-14-12-18(13-15-22)17-8-4-2-5-9-17/h2-12,16H,13-15H2,1H3,(H,21,23). The third-order valence-electron chi connectivity index (χ3n) is 4.35. The van der Waals surface area contributed by atoms with Crippen molar-refractivity contribution in [1.29, 1.82) is 0 Å². The fourth-order valence-electron chi connectivity index (χ4n) is 2.89. The summed E-state index contributed by atoms with van der Waals surface area (Å²) in [6.07, 6.45) is 3.22. The van der Waals surface area contributed by atoms with Crippen LogP contribution >= 0.6 is 0 Å². The van der Waals surface area contributed by atoms with Gasteiger partial charge in [0.15, 0.2) is 0 Å². The van der Waals surface area contributed by atoms with Crippen LogP contribution in [0.15, 0.2) is 66.7 Å². The summed E-state index contributed by atoms with van der Waals surface area (Å²) in [7, 11) is 0. The maximum absolute atomic E-state index is 12.4. The molecule has 118 valence electrons. The van der Waals surface area contributed by atoms with Gasteiger partial charge < -0.3 is 5.32 Å². The Morgan fingerprint density at radius 2 is 1.70 bits per heavy atom. The van der Waals surface area contributed by atoms with E-state index in [2.05, 4.69) is 40.6 Å². The van der Waals surface area contributed by atoms with Gasteiger partial charge in [0.25, 0.3) is 0 Å². The molecule has 0 fully saturated rings. The van der Waals surface area contributed by atoms with Gasteiger partial charge in [-0.25, -0.2) is 0 Å². The Balaban J connectivity index is 1.60. The van der Waals surface area contributed by atoms with Crippen molar-refractivity contribution in [2.24, 2.45) is 0 Å². The Kier molecular flexibility index (Phi) is 4.89. The molecule has 2 aromatic rings. The molecule has 1 unspecified atom stereocenters. The van der Waals surface area contributed by atoms with Gasteiger partial charge in [-0.1, -0.05) is 54.6 Å². The predicted molar refractivity (Wildman–Crippen MR) is 95.1 cm³/mol. The lowest BCUT2D eigenvalue weighted by Gasteiger charge is -2.31. The molecular weight excluding hydrogens is 284 g/mol. The minimum Gasteiger partial charge on any atom is -0.325 e. The minimum atomic E-state index is -0.135. The molecule has 1 amide bonds. The number of nitrogens with zero attached hydrogens (tertiary/aromatic N) is 1. The number of rotatable bonds is 4. The Labute approximate surface area is 137 Å². The van der Waals surface area contributed by atoms with Gasteiger partial charge in [0, 0.05) is 18.8 Å².